The number of nitrogens with one attached hydrogen (secondary N) is 1. The van der Waals surface area contributed by atoms with Crippen LogP contribution in [0.3, 0.4) is 0 Å². The molecular formula is C13H18ClN3O2S. The smallest absolute Gasteiger partial charge is 0.337 e. The van der Waals surface area contributed by atoms with Crippen LogP contribution in [-0.2, 0) is 0 Å². The lowest BCUT2D eigenvalue weighted by Crippen LogP contribution is -2.36. The zero-order chi connectivity index (χ0) is 14.5. The Morgan fingerprint density at radius 1 is 1.45 bits per heavy atom. The number of aromatic carboxylic acids is 1. The van der Waals surface area contributed by atoms with E-state index in [0.717, 1.165) is 31.1 Å². The summed E-state index contributed by atoms with van der Waals surface area (Å²) in [5.41, 5.74) is 6.54. The normalized spacial score (nSPS) is 16.1. The lowest BCUT2D eigenvalue weighted by atomic mass is 10.1. The number of anilines is 2. The molecule has 0 saturated carbocycles. The molecule has 0 amide bonds. The van der Waals surface area contributed by atoms with E-state index in [2.05, 4.69) is 10.2 Å². The van der Waals surface area contributed by atoms with Gasteiger partial charge in [-0.1, -0.05) is 11.6 Å². The van der Waals surface area contributed by atoms with Gasteiger partial charge in [0.05, 0.1) is 16.3 Å². The average Bonchev–Trinajstić information content (AvgIpc) is 2.41. The highest BCUT2D eigenvalue weighted by atomic mass is 35.5. The quantitative estimate of drug-likeness (QED) is 0.722. The summed E-state index contributed by atoms with van der Waals surface area (Å²) in [5, 5.41) is 12.7. The number of halogens is 1. The number of nitrogens with zero attached hydrogens (tertiary/aromatic N) is 1. The fourth-order valence-corrected chi connectivity index (χ4v) is 3.41. The van der Waals surface area contributed by atoms with Gasteiger partial charge in [0.1, 0.15) is 0 Å². The van der Waals surface area contributed by atoms with Crippen LogP contribution >= 0.6 is 23.4 Å². The summed E-state index contributed by atoms with van der Waals surface area (Å²) in [6, 6.07) is 2.99. The zero-order valence-corrected chi connectivity index (χ0v) is 12.6. The number of rotatable bonds is 5. The molecule has 1 aliphatic heterocycles. The first-order chi connectivity index (χ1) is 9.58. The first-order valence-corrected chi connectivity index (χ1v) is 7.97. The summed E-state index contributed by atoms with van der Waals surface area (Å²) in [7, 11) is 0. The number of carboxylic acid groups (broad SMARTS) is 1. The van der Waals surface area contributed by atoms with Crippen LogP contribution in [0.5, 0.6) is 0 Å². The van der Waals surface area contributed by atoms with Crippen LogP contribution in [0, 0.1) is 0 Å². The Morgan fingerprint density at radius 2 is 2.15 bits per heavy atom. The summed E-state index contributed by atoms with van der Waals surface area (Å²) in [4.78, 5) is 13.6. The van der Waals surface area contributed by atoms with E-state index in [1.807, 2.05) is 11.8 Å². The summed E-state index contributed by atoms with van der Waals surface area (Å²) in [5.74, 6) is 1.28. The lowest BCUT2D eigenvalue weighted by Gasteiger charge is -2.26. The largest absolute Gasteiger partial charge is 0.478 e. The van der Waals surface area contributed by atoms with E-state index in [4.69, 9.17) is 17.3 Å². The van der Waals surface area contributed by atoms with E-state index in [9.17, 15) is 9.90 Å². The fourth-order valence-electron chi connectivity index (χ4n) is 2.14. The number of nitrogens with two attached hydrogens (primary N) is 1. The van der Waals surface area contributed by atoms with Crippen molar-refractivity contribution in [1.29, 1.82) is 0 Å². The van der Waals surface area contributed by atoms with Crippen molar-refractivity contribution >= 4 is 40.7 Å². The van der Waals surface area contributed by atoms with Gasteiger partial charge < -0.3 is 16.2 Å². The third-order valence-corrected chi connectivity index (χ3v) is 4.42. The van der Waals surface area contributed by atoms with E-state index in [1.54, 1.807) is 6.07 Å². The van der Waals surface area contributed by atoms with Crippen molar-refractivity contribution in [1.82, 2.24) is 4.90 Å². The molecule has 7 heteroatoms. The monoisotopic (exact) mass is 315 g/mol. The second kappa shape index (κ2) is 7.06. The molecule has 0 atom stereocenters. The Balaban J connectivity index is 1.99. The third-order valence-electron chi connectivity index (χ3n) is 3.18. The average molecular weight is 316 g/mol. The summed E-state index contributed by atoms with van der Waals surface area (Å²) in [6.45, 7) is 3.69. The van der Waals surface area contributed by atoms with Gasteiger partial charge in [-0.05, 0) is 12.1 Å². The number of benzene rings is 1. The summed E-state index contributed by atoms with van der Waals surface area (Å²) in [6.07, 6.45) is 0. The molecule has 5 nitrogen and oxygen atoms in total. The van der Waals surface area contributed by atoms with Crippen molar-refractivity contribution in [2.75, 3.05) is 48.7 Å². The topological polar surface area (TPSA) is 78.6 Å². The Labute approximate surface area is 127 Å². The highest BCUT2D eigenvalue weighted by Gasteiger charge is 2.15. The van der Waals surface area contributed by atoms with Gasteiger partial charge in [0, 0.05) is 43.4 Å². The van der Waals surface area contributed by atoms with Crippen LogP contribution in [0.15, 0.2) is 12.1 Å². The lowest BCUT2D eigenvalue weighted by molar-refractivity contribution is 0.0698. The van der Waals surface area contributed by atoms with E-state index in [0.29, 0.717) is 22.9 Å². The maximum absolute atomic E-state index is 11.2. The molecule has 20 heavy (non-hydrogen) atoms. The Morgan fingerprint density at radius 3 is 2.80 bits per heavy atom. The van der Waals surface area contributed by atoms with Gasteiger partial charge in [-0.25, -0.2) is 4.79 Å². The molecule has 1 saturated heterocycles. The minimum Gasteiger partial charge on any atom is -0.478 e. The number of hydrogen-bond acceptors (Lipinski definition) is 5. The maximum Gasteiger partial charge on any atom is 0.337 e. The van der Waals surface area contributed by atoms with Gasteiger partial charge in [-0.3, -0.25) is 4.90 Å². The number of carbonyl (C=O) groups is 1. The van der Waals surface area contributed by atoms with Gasteiger partial charge in [-0.2, -0.15) is 11.8 Å². The van der Waals surface area contributed by atoms with E-state index in [1.165, 1.54) is 6.07 Å². The van der Waals surface area contributed by atoms with E-state index < -0.39 is 5.97 Å². The van der Waals surface area contributed by atoms with Crippen LogP contribution in [0.2, 0.25) is 5.02 Å². The number of carboxylic acids is 1. The predicted octanol–water partition coefficient (Wildman–Crippen LogP) is 2.08. The zero-order valence-electron chi connectivity index (χ0n) is 11.1. The standard InChI is InChI=1S/C13H18ClN3O2S/c14-11-8-9(15)7-10(13(18)19)12(11)16-1-2-17-3-5-20-6-4-17/h7-8,16H,1-6,15H2,(H,18,19). The van der Waals surface area contributed by atoms with Crippen LogP contribution < -0.4 is 11.1 Å². The fraction of sp³-hybridized carbons (Fsp3) is 0.462. The molecule has 2 rings (SSSR count). The molecule has 1 fully saturated rings. The summed E-state index contributed by atoms with van der Waals surface area (Å²) < 4.78 is 0. The second-order valence-electron chi connectivity index (χ2n) is 4.61. The molecule has 0 radical (unpaired) electrons. The minimum absolute atomic E-state index is 0.115. The maximum atomic E-state index is 11.2. The van der Waals surface area contributed by atoms with Crippen molar-refractivity contribution in [3.63, 3.8) is 0 Å². The van der Waals surface area contributed by atoms with Crippen molar-refractivity contribution in [3.05, 3.63) is 22.7 Å². The number of thioether (sulfide) groups is 1. The molecule has 4 N–H and O–H groups in total. The van der Waals surface area contributed by atoms with Gasteiger partial charge >= 0.3 is 5.97 Å². The van der Waals surface area contributed by atoms with Gasteiger partial charge in [0.25, 0.3) is 0 Å². The molecule has 0 unspecified atom stereocenters. The van der Waals surface area contributed by atoms with Gasteiger partial charge in [-0.15, -0.1) is 0 Å². The molecule has 1 aromatic rings. The molecule has 1 aromatic carbocycles. The van der Waals surface area contributed by atoms with Crippen molar-refractivity contribution in [2.24, 2.45) is 0 Å². The van der Waals surface area contributed by atoms with E-state index >= 15 is 0 Å². The van der Waals surface area contributed by atoms with Crippen LogP contribution in [0.25, 0.3) is 0 Å². The summed E-state index contributed by atoms with van der Waals surface area (Å²) >= 11 is 8.04. The Kier molecular flexibility index (Phi) is 5.39. The van der Waals surface area contributed by atoms with E-state index in [-0.39, 0.29) is 5.56 Å². The molecule has 0 aromatic heterocycles. The number of nitrogen functional groups attached to an aromatic ring is 1. The molecule has 0 spiro atoms. The molecular weight excluding hydrogens is 298 g/mol. The molecule has 0 bridgehead atoms. The van der Waals surface area contributed by atoms with Gasteiger partial charge in [0.15, 0.2) is 0 Å². The highest BCUT2D eigenvalue weighted by Crippen LogP contribution is 2.29. The Hall–Kier alpha value is -1.11. The van der Waals surface area contributed by atoms with Crippen LogP contribution in [0.1, 0.15) is 10.4 Å². The van der Waals surface area contributed by atoms with Crippen LogP contribution in [0.4, 0.5) is 11.4 Å². The first-order valence-electron chi connectivity index (χ1n) is 6.44. The van der Waals surface area contributed by atoms with Crippen molar-refractivity contribution in [3.8, 4) is 0 Å². The predicted molar refractivity (Wildman–Crippen MR) is 85.1 cm³/mol. The SMILES string of the molecule is Nc1cc(Cl)c(NCCN2CCSCC2)c(C(=O)O)c1. The molecule has 0 aliphatic carbocycles. The molecule has 1 heterocycles. The molecule has 1 aliphatic rings. The van der Waals surface area contributed by atoms with Crippen molar-refractivity contribution < 1.29 is 9.90 Å². The third kappa shape index (κ3) is 3.94. The van der Waals surface area contributed by atoms with Gasteiger partial charge in [0.2, 0.25) is 0 Å². The van der Waals surface area contributed by atoms with Crippen LogP contribution in [-0.4, -0.2) is 53.7 Å². The minimum atomic E-state index is -1.03. The number of hydrogen-bond donors (Lipinski definition) is 3. The second-order valence-corrected chi connectivity index (χ2v) is 6.24. The molecule has 110 valence electrons. The van der Waals surface area contributed by atoms with Crippen molar-refractivity contribution in [2.45, 2.75) is 0 Å². The Bertz CT molecular complexity index is 493. The highest BCUT2D eigenvalue weighted by molar-refractivity contribution is 7.99. The first kappa shape index (κ1) is 15.3.